The summed E-state index contributed by atoms with van der Waals surface area (Å²) in [5.74, 6) is -0.674. The van der Waals surface area contributed by atoms with Crippen LogP contribution < -0.4 is 5.56 Å². The molecule has 0 aliphatic heterocycles. The molecule has 1 N–H and O–H groups in total. The van der Waals surface area contributed by atoms with Crippen molar-refractivity contribution in [3.63, 3.8) is 0 Å². The third kappa shape index (κ3) is 5.05. The highest BCUT2D eigenvalue weighted by atomic mass is 79.9. The van der Waals surface area contributed by atoms with E-state index in [2.05, 4.69) is 21.0 Å². The van der Waals surface area contributed by atoms with E-state index in [1.54, 1.807) is 24.3 Å². The molecule has 0 aliphatic carbocycles. The first-order chi connectivity index (χ1) is 16.9. The lowest BCUT2D eigenvalue weighted by atomic mass is 10.0. The number of ketones is 1. The number of rotatable bonds is 8. The van der Waals surface area contributed by atoms with Crippen molar-refractivity contribution in [1.82, 2.24) is 14.7 Å². The molecule has 4 rings (SSSR count). The zero-order valence-electron chi connectivity index (χ0n) is 19.6. The minimum Gasteiger partial charge on any atom is -0.331 e. The van der Waals surface area contributed by atoms with Crippen molar-refractivity contribution in [2.24, 2.45) is 0 Å². The number of carbonyl (C=O) groups is 2. The van der Waals surface area contributed by atoms with E-state index in [1.807, 2.05) is 68.4 Å². The van der Waals surface area contributed by atoms with E-state index in [9.17, 15) is 14.4 Å². The second-order valence-electron chi connectivity index (χ2n) is 8.10. The molecular weight excluding hydrogens is 506 g/mol. The fourth-order valence-corrected chi connectivity index (χ4v) is 4.33. The summed E-state index contributed by atoms with van der Waals surface area (Å²) in [4.78, 5) is 41.7. The maximum atomic E-state index is 13.6. The normalized spacial score (nSPS) is 10.8. The average Bonchev–Trinajstić information content (AvgIpc) is 3.24. The van der Waals surface area contributed by atoms with Crippen molar-refractivity contribution >= 4 is 27.6 Å². The third-order valence-electron chi connectivity index (χ3n) is 5.94. The Kier molecular flexibility index (Phi) is 7.46. The highest BCUT2D eigenvalue weighted by Gasteiger charge is 2.26. The zero-order chi connectivity index (χ0) is 24.9. The number of hydrogen-bond donors (Lipinski definition) is 1. The summed E-state index contributed by atoms with van der Waals surface area (Å²) in [5.41, 5.74) is 2.95. The molecule has 3 aromatic carbocycles. The summed E-state index contributed by atoms with van der Waals surface area (Å²) >= 11 is 3.37. The Morgan fingerprint density at radius 1 is 0.914 bits per heavy atom. The fourth-order valence-electron chi connectivity index (χ4n) is 4.06. The summed E-state index contributed by atoms with van der Waals surface area (Å²) in [5, 5.41) is 3.17. The number of aromatic nitrogens is 2. The number of Topliss-reactive ketones (excluding diaryl/α,β-unsaturated/α-hetero) is 1. The predicted octanol–water partition coefficient (Wildman–Crippen LogP) is 5.50. The molecule has 0 atom stereocenters. The van der Waals surface area contributed by atoms with Crippen LogP contribution in [0.1, 0.15) is 40.1 Å². The maximum Gasteiger partial charge on any atom is 0.282 e. The molecule has 0 fully saturated rings. The van der Waals surface area contributed by atoms with Gasteiger partial charge in [-0.2, -0.15) is 0 Å². The van der Waals surface area contributed by atoms with Gasteiger partial charge in [0.25, 0.3) is 11.5 Å². The van der Waals surface area contributed by atoms with Crippen LogP contribution in [0, 0.1) is 0 Å². The molecular formula is C28H26BrN3O3. The van der Waals surface area contributed by atoms with Crippen molar-refractivity contribution in [2.75, 3.05) is 13.1 Å². The Morgan fingerprint density at radius 3 is 2.23 bits per heavy atom. The van der Waals surface area contributed by atoms with Gasteiger partial charge in [0.2, 0.25) is 0 Å². The van der Waals surface area contributed by atoms with E-state index >= 15 is 0 Å². The monoisotopic (exact) mass is 531 g/mol. The van der Waals surface area contributed by atoms with Crippen molar-refractivity contribution in [3.8, 4) is 16.9 Å². The number of para-hydroxylation sites is 1. The molecule has 4 aromatic rings. The highest BCUT2D eigenvalue weighted by Crippen LogP contribution is 2.23. The first-order valence-corrected chi connectivity index (χ1v) is 12.3. The topological polar surface area (TPSA) is 75.2 Å². The molecule has 7 heteroatoms. The molecule has 0 radical (unpaired) electrons. The van der Waals surface area contributed by atoms with Crippen LogP contribution in [-0.2, 0) is 6.42 Å². The van der Waals surface area contributed by atoms with Crippen LogP contribution in [0.4, 0.5) is 0 Å². The Hall–Kier alpha value is -3.71. The second-order valence-corrected chi connectivity index (χ2v) is 9.02. The largest absolute Gasteiger partial charge is 0.331 e. The van der Waals surface area contributed by atoms with Gasteiger partial charge in [-0.15, -0.1) is 0 Å². The number of aryl methyl sites for hydroxylation is 1. The number of aromatic amines is 1. The summed E-state index contributed by atoms with van der Waals surface area (Å²) in [6, 6.07) is 23.9. The van der Waals surface area contributed by atoms with Crippen molar-refractivity contribution < 1.29 is 9.59 Å². The van der Waals surface area contributed by atoms with Gasteiger partial charge in [-0.05, 0) is 49.2 Å². The summed E-state index contributed by atoms with van der Waals surface area (Å²) in [6.45, 7) is 3.96. The van der Waals surface area contributed by atoms with Crippen LogP contribution >= 0.6 is 15.9 Å². The van der Waals surface area contributed by atoms with E-state index in [0.717, 1.165) is 22.0 Å². The minimum absolute atomic E-state index is 0.0455. The van der Waals surface area contributed by atoms with E-state index in [1.165, 1.54) is 9.58 Å². The van der Waals surface area contributed by atoms with Crippen LogP contribution in [0.2, 0.25) is 0 Å². The van der Waals surface area contributed by atoms with Gasteiger partial charge in [-0.1, -0.05) is 71.4 Å². The van der Waals surface area contributed by atoms with Crippen LogP contribution in [0.5, 0.6) is 0 Å². The molecule has 0 aliphatic rings. The van der Waals surface area contributed by atoms with Crippen molar-refractivity contribution in [1.29, 1.82) is 0 Å². The summed E-state index contributed by atoms with van der Waals surface area (Å²) in [6.07, 6.45) is 0.733. The van der Waals surface area contributed by atoms with Gasteiger partial charge in [0.05, 0.1) is 17.9 Å². The Morgan fingerprint density at radius 2 is 1.57 bits per heavy atom. The number of hydrogen-bond acceptors (Lipinski definition) is 3. The number of benzene rings is 3. The molecule has 1 heterocycles. The minimum atomic E-state index is -0.429. The average molecular weight is 532 g/mol. The molecule has 6 nitrogen and oxygen atoms in total. The molecule has 0 unspecified atom stereocenters. The van der Waals surface area contributed by atoms with E-state index < -0.39 is 11.3 Å². The number of likely N-dealkylation sites (N-methyl/N-ethyl adjacent to an activating group) is 1. The maximum absolute atomic E-state index is 13.6. The second kappa shape index (κ2) is 10.7. The van der Waals surface area contributed by atoms with Crippen LogP contribution in [0.25, 0.3) is 16.9 Å². The van der Waals surface area contributed by atoms with Crippen molar-refractivity contribution in [2.45, 2.75) is 20.3 Å². The van der Waals surface area contributed by atoms with Crippen LogP contribution in [0.15, 0.2) is 88.1 Å². The summed E-state index contributed by atoms with van der Waals surface area (Å²) in [7, 11) is 0. The number of nitrogens with zero attached hydrogens (tertiary/aromatic N) is 2. The van der Waals surface area contributed by atoms with Gasteiger partial charge in [-0.3, -0.25) is 19.5 Å². The van der Waals surface area contributed by atoms with Gasteiger partial charge in [-0.25, -0.2) is 4.68 Å². The van der Waals surface area contributed by atoms with E-state index in [0.29, 0.717) is 23.5 Å². The molecule has 0 bridgehead atoms. The van der Waals surface area contributed by atoms with Crippen LogP contribution in [0.3, 0.4) is 0 Å². The number of H-pyrrole nitrogens is 1. The standard InChI is InChI=1S/C28H26BrN3O3/c1-3-19-10-8-9-13-23(19)32-28(35)25(26(30-32)20-11-6-5-7-12-20)24(33)18-31(4-2)27(34)21-14-16-22(29)17-15-21/h5-17,30H,3-4,18H2,1-2H3. The Bertz CT molecular complexity index is 1410. The van der Waals surface area contributed by atoms with Gasteiger partial charge < -0.3 is 4.90 Å². The number of amides is 1. The quantitative estimate of drug-likeness (QED) is 0.305. The lowest BCUT2D eigenvalue weighted by molar-refractivity contribution is 0.0717. The third-order valence-corrected chi connectivity index (χ3v) is 6.47. The van der Waals surface area contributed by atoms with Gasteiger partial charge >= 0.3 is 0 Å². The summed E-state index contributed by atoms with van der Waals surface area (Å²) < 4.78 is 2.29. The van der Waals surface area contributed by atoms with E-state index in [-0.39, 0.29) is 18.0 Å². The predicted molar refractivity (Wildman–Crippen MR) is 141 cm³/mol. The van der Waals surface area contributed by atoms with Crippen LogP contribution in [-0.4, -0.2) is 39.5 Å². The van der Waals surface area contributed by atoms with E-state index in [4.69, 9.17) is 0 Å². The fraction of sp³-hybridized carbons (Fsp3) is 0.179. The molecule has 0 saturated carbocycles. The lowest BCUT2D eigenvalue weighted by Crippen LogP contribution is -2.37. The van der Waals surface area contributed by atoms with Gasteiger partial charge in [0, 0.05) is 22.1 Å². The molecule has 0 spiro atoms. The molecule has 35 heavy (non-hydrogen) atoms. The van der Waals surface area contributed by atoms with Crippen molar-refractivity contribution in [3.05, 3.63) is 110 Å². The van der Waals surface area contributed by atoms with Gasteiger partial charge in [0.15, 0.2) is 5.78 Å². The number of carbonyl (C=O) groups excluding carboxylic acids is 2. The zero-order valence-corrected chi connectivity index (χ0v) is 21.2. The highest BCUT2D eigenvalue weighted by molar-refractivity contribution is 9.10. The molecule has 178 valence electrons. The Balaban J connectivity index is 1.77. The number of halogens is 1. The Labute approximate surface area is 212 Å². The lowest BCUT2D eigenvalue weighted by Gasteiger charge is -2.20. The molecule has 1 aromatic heterocycles. The molecule has 0 saturated heterocycles. The smallest absolute Gasteiger partial charge is 0.282 e. The first-order valence-electron chi connectivity index (χ1n) is 11.5. The SMILES string of the molecule is CCc1ccccc1-n1[nH]c(-c2ccccc2)c(C(=O)CN(CC)C(=O)c2ccc(Br)cc2)c1=O. The molecule has 1 amide bonds. The first kappa shape index (κ1) is 24.4. The number of nitrogens with one attached hydrogen (secondary N) is 1. The van der Waals surface area contributed by atoms with Gasteiger partial charge in [0.1, 0.15) is 5.56 Å².